The number of carbonyl (C=O) groups is 1. The molecule has 3 nitrogen and oxygen atoms in total. The smallest absolute Gasteiger partial charge is 0.307 e. The molecule has 0 aromatic heterocycles. The quantitative estimate of drug-likeness (QED) is 0.594. The number of carboxylic acid groups (broad SMARTS) is 1. The highest BCUT2D eigenvalue weighted by Crippen LogP contribution is 2.37. The first-order valence-electron chi connectivity index (χ1n) is 9.87. The standard InChI is InChI=1S/C25H28O3Si/c1-25(2,3)29(22-10-6-4-7-11-22,23-12-8-5-9-13-23)28-19-21-16-14-20(15-17-21)18-24(26)27/h4-17H,18-19H2,1-3H3,(H,26,27). The van der Waals surface area contributed by atoms with Crippen LogP contribution in [0.2, 0.25) is 5.04 Å². The van der Waals surface area contributed by atoms with Crippen LogP contribution in [0.1, 0.15) is 31.9 Å². The molecule has 0 saturated heterocycles. The zero-order valence-corrected chi connectivity index (χ0v) is 18.3. The number of carboxylic acids is 1. The van der Waals surface area contributed by atoms with Gasteiger partial charge in [0.1, 0.15) is 0 Å². The molecule has 0 aliphatic heterocycles. The maximum absolute atomic E-state index is 10.9. The van der Waals surface area contributed by atoms with Crippen LogP contribution in [0.3, 0.4) is 0 Å². The lowest BCUT2D eigenvalue weighted by atomic mass is 10.1. The number of hydrogen-bond donors (Lipinski definition) is 1. The molecule has 0 amide bonds. The summed E-state index contributed by atoms with van der Waals surface area (Å²) in [7, 11) is -2.57. The molecule has 29 heavy (non-hydrogen) atoms. The number of aliphatic carboxylic acids is 1. The Labute approximate surface area is 174 Å². The normalized spacial score (nSPS) is 12.0. The predicted molar refractivity (Wildman–Crippen MR) is 120 cm³/mol. The number of rotatable bonds is 7. The van der Waals surface area contributed by atoms with Gasteiger partial charge in [0.25, 0.3) is 8.32 Å². The van der Waals surface area contributed by atoms with E-state index in [0.717, 1.165) is 11.1 Å². The Morgan fingerprint density at radius 2 is 1.24 bits per heavy atom. The summed E-state index contributed by atoms with van der Waals surface area (Å²) in [5, 5.41) is 11.4. The van der Waals surface area contributed by atoms with Crippen LogP contribution in [0.25, 0.3) is 0 Å². The zero-order valence-electron chi connectivity index (χ0n) is 17.3. The Balaban J connectivity index is 1.99. The SMILES string of the molecule is CC(C)(C)[Si](OCc1ccc(CC(=O)O)cc1)(c1ccccc1)c1ccccc1. The maximum atomic E-state index is 10.9. The summed E-state index contributed by atoms with van der Waals surface area (Å²) in [5.74, 6) is -0.818. The molecule has 0 aliphatic rings. The van der Waals surface area contributed by atoms with Gasteiger partial charge in [-0.05, 0) is 26.5 Å². The minimum absolute atomic E-state index is 0.0375. The van der Waals surface area contributed by atoms with Crippen molar-refractivity contribution in [3.05, 3.63) is 96.1 Å². The average molecular weight is 405 g/mol. The van der Waals surface area contributed by atoms with E-state index in [4.69, 9.17) is 9.53 Å². The fourth-order valence-corrected chi connectivity index (χ4v) is 8.42. The Morgan fingerprint density at radius 1 is 0.793 bits per heavy atom. The lowest BCUT2D eigenvalue weighted by molar-refractivity contribution is -0.136. The van der Waals surface area contributed by atoms with Gasteiger partial charge >= 0.3 is 5.97 Å². The molecule has 0 saturated carbocycles. The van der Waals surface area contributed by atoms with Crippen LogP contribution >= 0.6 is 0 Å². The van der Waals surface area contributed by atoms with Gasteiger partial charge in [-0.25, -0.2) is 0 Å². The molecule has 3 aromatic carbocycles. The molecule has 4 heteroatoms. The van der Waals surface area contributed by atoms with Crippen LogP contribution in [-0.2, 0) is 22.2 Å². The van der Waals surface area contributed by atoms with Crippen LogP contribution in [-0.4, -0.2) is 19.4 Å². The summed E-state index contributed by atoms with van der Waals surface area (Å²) in [4.78, 5) is 10.9. The summed E-state index contributed by atoms with van der Waals surface area (Å²) in [5.41, 5.74) is 1.85. The van der Waals surface area contributed by atoms with Crippen LogP contribution < -0.4 is 10.4 Å². The molecule has 0 bridgehead atoms. The monoisotopic (exact) mass is 404 g/mol. The maximum Gasteiger partial charge on any atom is 0.307 e. The van der Waals surface area contributed by atoms with Crippen molar-refractivity contribution in [1.29, 1.82) is 0 Å². The molecule has 0 atom stereocenters. The van der Waals surface area contributed by atoms with Crippen molar-refractivity contribution in [3.8, 4) is 0 Å². The molecule has 3 rings (SSSR count). The van der Waals surface area contributed by atoms with Crippen LogP contribution in [0.15, 0.2) is 84.9 Å². The fourth-order valence-electron chi connectivity index (χ4n) is 3.88. The first-order chi connectivity index (χ1) is 13.8. The average Bonchev–Trinajstić information content (AvgIpc) is 2.70. The van der Waals surface area contributed by atoms with Gasteiger partial charge in [-0.15, -0.1) is 0 Å². The third kappa shape index (κ3) is 4.66. The lowest BCUT2D eigenvalue weighted by Gasteiger charge is -2.43. The second-order valence-electron chi connectivity index (χ2n) is 8.34. The van der Waals surface area contributed by atoms with Gasteiger partial charge in [0.05, 0.1) is 13.0 Å². The molecule has 0 unspecified atom stereocenters. The predicted octanol–water partition coefficient (Wildman–Crippen LogP) is 4.39. The first-order valence-corrected chi connectivity index (χ1v) is 11.8. The van der Waals surface area contributed by atoms with Crippen molar-refractivity contribution in [2.75, 3.05) is 0 Å². The van der Waals surface area contributed by atoms with Gasteiger partial charge in [-0.1, -0.05) is 106 Å². The molecule has 0 aliphatic carbocycles. The van der Waals surface area contributed by atoms with Gasteiger partial charge in [0.2, 0.25) is 0 Å². The van der Waals surface area contributed by atoms with Crippen molar-refractivity contribution in [3.63, 3.8) is 0 Å². The first kappa shape index (κ1) is 21.0. The molecule has 150 valence electrons. The minimum atomic E-state index is -2.57. The van der Waals surface area contributed by atoms with E-state index < -0.39 is 14.3 Å². The lowest BCUT2D eigenvalue weighted by Crippen LogP contribution is -2.66. The highest BCUT2D eigenvalue weighted by atomic mass is 28.4. The summed E-state index contributed by atoms with van der Waals surface area (Å²) in [6.45, 7) is 7.26. The Kier molecular flexibility index (Phi) is 6.35. The largest absolute Gasteiger partial charge is 0.481 e. The van der Waals surface area contributed by atoms with Crippen LogP contribution in [0.4, 0.5) is 0 Å². The van der Waals surface area contributed by atoms with E-state index >= 15 is 0 Å². The van der Waals surface area contributed by atoms with Gasteiger partial charge < -0.3 is 9.53 Å². The third-order valence-electron chi connectivity index (χ3n) is 5.25. The van der Waals surface area contributed by atoms with Crippen molar-refractivity contribution in [1.82, 2.24) is 0 Å². The molecular weight excluding hydrogens is 376 g/mol. The van der Waals surface area contributed by atoms with E-state index in [9.17, 15) is 4.79 Å². The van der Waals surface area contributed by atoms with Gasteiger partial charge in [-0.2, -0.15) is 0 Å². The Hall–Kier alpha value is -2.69. The molecule has 0 heterocycles. The highest BCUT2D eigenvalue weighted by molar-refractivity contribution is 6.99. The number of benzene rings is 3. The van der Waals surface area contributed by atoms with Crippen LogP contribution in [0, 0.1) is 0 Å². The second kappa shape index (κ2) is 8.76. The summed E-state index contributed by atoms with van der Waals surface area (Å²) < 4.78 is 6.90. The zero-order chi connectivity index (χ0) is 20.9. The molecule has 0 spiro atoms. The molecular formula is C25H28O3Si. The Bertz CT molecular complexity index is 890. The topological polar surface area (TPSA) is 46.5 Å². The van der Waals surface area contributed by atoms with Crippen molar-refractivity contribution >= 4 is 24.7 Å². The van der Waals surface area contributed by atoms with E-state index in [-0.39, 0.29) is 11.5 Å². The molecule has 3 aromatic rings. The van der Waals surface area contributed by atoms with Gasteiger partial charge in [-0.3, -0.25) is 4.79 Å². The molecule has 0 radical (unpaired) electrons. The molecule has 0 fully saturated rings. The highest BCUT2D eigenvalue weighted by Gasteiger charge is 2.50. The second-order valence-corrected chi connectivity index (χ2v) is 12.6. The van der Waals surface area contributed by atoms with E-state index in [1.165, 1.54) is 10.4 Å². The van der Waals surface area contributed by atoms with E-state index in [2.05, 4.69) is 69.3 Å². The fraction of sp³-hybridized carbons (Fsp3) is 0.240. The minimum Gasteiger partial charge on any atom is -0.481 e. The van der Waals surface area contributed by atoms with Crippen LogP contribution in [0.5, 0.6) is 0 Å². The summed E-state index contributed by atoms with van der Waals surface area (Å²) >= 11 is 0. The number of hydrogen-bond acceptors (Lipinski definition) is 2. The van der Waals surface area contributed by atoms with Gasteiger partial charge in [0, 0.05) is 0 Å². The van der Waals surface area contributed by atoms with Crippen molar-refractivity contribution < 1.29 is 14.3 Å². The Morgan fingerprint density at radius 3 is 1.66 bits per heavy atom. The van der Waals surface area contributed by atoms with E-state index in [1.807, 2.05) is 36.4 Å². The summed E-state index contributed by atoms with van der Waals surface area (Å²) in [6, 6.07) is 28.8. The van der Waals surface area contributed by atoms with Gasteiger partial charge in [0.15, 0.2) is 0 Å². The van der Waals surface area contributed by atoms with E-state index in [0.29, 0.717) is 6.61 Å². The van der Waals surface area contributed by atoms with Crippen molar-refractivity contribution in [2.24, 2.45) is 0 Å². The van der Waals surface area contributed by atoms with Crippen molar-refractivity contribution in [2.45, 2.75) is 38.8 Å². The van der Waals surface area contributed by atoms with E-state index in [1.54, 1.807) is 0 Å². The third-order valence-corrected chi connectivity index (χ3v) is 10.2. The summed E-state index contributed by atoms with van der Waals surface area (Å²) in [6.07, 6.45) is 0.0375. The molecule has 1 N–H and O–H groups in total.